The number of thiophene rings is 1. The fourth-order valence-corrected chi connectivity index (χ4v) is 2.59. The second-order valence-electron chi connectivity index (χ2n) is 3.67. The summed E-state index contributed by atoms with van der Waals surface area (Å²) in [5.41, 5.74) is 0. The van der Waals surface area contributed by atoms with Crippen LogP contribution in [0.2, 0.25) is 0 Å². The molecule has 0 aromatic carbocycles. The number of likely N-dealkylation sites (tertiary alicyclic amines) is 1. The fraction of sp³-hybridized carbons (Fsp3) is 0.556. The Morgan fingerprint density at radius 1 is 1.67 bits per heavy atom. The molecule has 0 bridgehead atoms. The van der Waals surface area contributed by atoms with Gasteiger partial charge in [0.1, 0.15) is 0 Å². The lowest BCUT2D eigenvalue weighted by Gasteiger charge is -2.12. The van der Waals surface area contributed by atoms with Gasteiger partial charge in [0.15, 0.2) is 0 Å². The first-order valence-corrected chi connectivity index (χ1v) is 5.60. The number of nitrogens with zero attached hydrogens (tertiary/aromatic N) is 2. The van der Waals surface area contributed by atoms with Gasteiger partial charge in [-0.2, -0.15) is 0 Å². The molecule has 1 N–H and O–H groups in total. The zero-order chi connectivity index (χ0) is 10.8. The van der Waals surface area contributed by atoms with Crippen LogP contribution in [0.1, 0.15) is 11.3 Å². The molecule has 0 radical (unpaired) electrons. The van der Waals surface area contributed by atoms with Gasteiger partial charge >= 0.3 is 5.00 Å². The van der Waals surface area contributed by atoms with E-state index < -0.39 is 0 Å². The predicted octanol–water partition coefficient (Wildman–Crippen LogP) is 1.22. The molecular formula is C9H12N2O3S. The molecule has 1 aliphatic rings. The molecule has 2 rings (SSSR count). The van der Waals surface area contributed by atoms with Crippen LogP contribution in [0.25, 0.3) is 0 Å². The Morgan fingerprint density at radius 2 is 2.47 bits per heavy atom. The van der Waals surface area contributed by atoms with Crippen LogP contribution in [0.4, 0.5) is 5.00 Å². The second kappa shape index (κ2) is 4.26. The molecule has 0 aliphatic carbocycles. The third-order valence-electron chi connectivity index (χ3n) is 2.45. The summed E-state index contributed by atoms with van der Waals surface area (Å²) in [4.78, 5) is 13.2. The lowest BCUT2D eigenvalue weighted by Crippen LogP contribution is -2.20. The molecule has 1 aliphatic heterocycles. The topological polar surface area (TPSA) is 66.6 Å². The predicted molar refractivity (Wildman–Crippen MR) is 56.9 cm³/mol. The Labute approximate surface area is 91.1 Å². The lowest BCUT2D eigenvalue weighted by molar-refractivity contribution is -0.380. The summed E-state index contributed by atoms with van der Waals surface area (Å²) in [6.45, 7) is 2.24. The van der Waals surface area contributed by atoms with Crippen molar-refractivity contribution in [1.82, 2.24) is 4.90 Å². The minimum atomic E-state index is -0.368. The van der Waals surface area contributed by atoms with E-state index in [1.165, 1.54) is 17.4 Å². The number of nitro groups is 1. The van der Waals surface area contributed by atoms with Gasteiger partial charge in [-0.05, 0) is 12.5 Å². The van der Waals surface area contributed by atoms with Gasteiger partial charge in [0.25, 0.3) is 0 Å². The summed E-state index contributed by atoms with van der Waals surface area (Å²) < 4.78 is 0. The first-order chi connectivity index (χ1) is 7.15. The Balaban J connectivity index is 1.96. The zero-order valence-corrected chi connectivity index (χ0v) is 8.94. The largest absolute Gasteiger partial charge is 0.392 e. The van der Waals surface area contributed by atoms with Crippen LogP contribution in [-0.4, -0.2) is 34.1 Å². The van der Waals surface area contributed by atoms with Gasteiger partial charge in [-0.1, -0.05) is 11.3 Å². The number of rotatable bonds is 3. The summed E-state index contributed by atoms with van der Waals surface area (Å²) in [7, 11) is 0. The average molecular weight is 228 g/mol. The highest BCUT2D eigenvalue weighted by atomic mass is 32.1. The van der Waals surface area contributed by atoms with Crippen LogP contribution in [0, 0.1) is 10.1 Å². The standard InChI is InChI=1S/C9H12N2O3S/c12-7-3-4-10(5-7)6-8-1-2-9(15-8)11(13)14/h1-2,7,12H,3-6H2/t7-/m0/s1. The van der Waals surface area contributed by atoms with Crippen LogP contribution in [0.15, 0.2) is 12.1 Å². The average Bonchev–Trinajstić information content (AvgIpc) is 2.76. The highest BCUT2D eigenvalue weighted by molar-refractivity contribution is 7.15. The van der Waals surface area contributed by atoms with Crippen molar-refractivity contribution >= 4 is 16.3 Å². The van der Waals surface area contributed by atoms with Crippen molar-refractivity contribution in [2.75, 3.05) is 13.1 Å². The van der Waals surface area contributed by atoms with Crippen molar-refractivity contribution in [3.05, 3.63) is 27.1 Å². The van der Waals surface area contributed by atoms with E-state index in [9.17, 15) is 15.2 Å². The molecule has 1 aromatic heterocycles. The van der Waals surface area contributed by atoms with Crippen LogP contribution < -0.4 is 0 Å². The fourth-order valence-electron chi connectivity index (χ4n) is 1.73. The van der Waals surface area contributed by atoms with Crippen molar-refractivity contribution in [1.29, 1.82) is 0 Å². The maximum absolute atomic E-state index is 10.5. The van der Waals surface area contributed by atoms with E-state index >= 15 is 0 Å². The van der Waals surface area contributed by atoms with E-state index in [-0.39, 0.29) is 16.0 Å². The Kier molecular flexibility index (Phi) is 2.99. The van der Waals surface area contributed by atoms with Gasteiger partial charge in [-0.25, -0.2) is 0 Å². The van der Waals surface area contributed by atoms with Crippen molar-refractivity contribution in [2.45, 2.75) is 19.1 Å². The summed E-state index contributed by atoms with van der Waals surface area (Å²) >= 11 is 1.21. The molecule has 1 saturated heterocycles. The number of hydrogen-bond acceptors (Lipinski definition) is 5. The van der Waals surface area contributed by atoms with E-state index in [1.54, 1.807) is 6.07 Å². The summed E-state index contributed by atoms with van der Waals surface area (Å²) in [5, 5.41) is 20.0. The van der Waals surface area contributed by atoms with E-state index in [1.807, 2.05) is 0 Å². The molecule has 1 fully saturated rings. The monoisotopic (exact) mass is 228 g/mol. The van der Waals surface area contributed by atoms with Crippen LogP contribution in [-0.2, 0) is 6.54 Å². The van der Waals surface area contributed by atoms with Gasteiger partial charge < -0.3 is 5.11 Å². The molecule has 5 nitrogen and oxygen atoms in total. The second-order valence-corrected chi connectivity index (χ2v) is 4.82. The minimum absolute atomic E-state index is 0.185. The van der Waals surface area contributed by atoms with E-state index in [2.05, 4.69) is 4.90 Å². The third kappa shape index (κ3) is 2.53. The molecule has 1 atom stereocenters. The maximum atomic E-state index is 10.5. The first-order valence-electron chi connectivity index (χ1n) is 4.78. The van der Waals surface area contributed by atoms with Crippen LogP contribution in [0.3, 0.4) is 0 Å². The molecule has 0 unspecified atom stereocenters. The normalized spacial score (nSPS) is 22.1. The van der Waals surface area contributed by atoms with Gasteiger partial charge in [0.05, 0.1) is 11.0 Å². The summed E-state index contributed by atoms with van der Waals surface area (Å²) in [5.74, 6) is 0. The van der Waals surface area contributed by atoms with Crippen LogP contribution >= 0.6 is 11.3 Å². The molecule has 82 valence electrons. The SMILES string of the molecule is O=[N+]([O-])c1ccc(CN2CC[C@H](O)C2)s1. The summed E-state index contributed by atoms with van der Waals surface area (Å²) in [6.07, 6.45) is 0.563. The number of aliphatic hydroxyl groups is 1. The third-order valence-corrected chi connectivity index (χ3v) is 3.48. The molecular weight excluding hydrogens is 216 g/mol. The molecule has 0 spiro atoms. The lowest BCUT2D eigenvalue weighted by atomic mass is 10.3. The summed E-state index contributed by atoms with van der Waals surface area (Å²) in [6, 6.07) is 3.32. The van der Waals surface area contributed by atoms with Crippen molar-refractivity contribution in [3.63, 3.8) is 0 Å². The van der Waals surface area contributed by atoms with Crippen molar-refractivity contribution < 1.29 is 10.0 Å². The number of β-amino-alcohol motifs (C(OH)–C–C–N with tert-alkyl or cyclic N) is 1. The first kappa shape index (κ1) is 10.5. The zero-order valence-electron chi connectivity index (χ0n) is 8.13. The van der Waals surface area contributed by atoms with Crippen molar-refractivity contribution in [2.24, 2.45) is 0 Å². The molecule has 0 amide bonds. The smallest absolute Gasteiger partial charge is 0.324 e. The van der Waals surface area contributed by atoms with E-state index in [0.717, 1.165) is 17.8 Å². The van der Waals surface area contributed by atoms with Gasteiger partial charge in [0, 0.05) is 30.6 Å². The Morgan fingerprint density at radius 3 is 3.00 bits per heavy atom. The molecule has 15 heavy (non-hydrogen) atoms. The van der Waals surface area contributed by atoms with E-state index in [4.69, 9.17) is 0 Å². The minimum Gasteiger partial charge on any atom is -0.392 e. The van der Waals surface area contributed by atoms with E-state index in [0.29, 0.717) is 13.1 Å². The maximum Gasteiger partial charge on any atom is 0.324 e. The molecule has 1 aromatic rings. The molecule has 0 saturated carbocycles. The molecule has 2 heterocycles. The van der Waals surface area contributed by atoms with Crippen molar-refractivity contribution in [3.8, 4) is 0 Å². The highest BCUT2D eigenvalue weighted by Gasteiger charge is 2.21. The quantitative estimate of drug-likeness (QED) is 0.624. The number of aliphatic hydroxyl groups excluding tert-OH is 1. The Bertz CT molecular complexity index is 366. The number of hydrogen-bond donors (Lipinski definition) is 1. The van der Waals surface area contributed by atoms with Gasteiger partial charge in [-0.15, -0.1) is 0 Å². The van der Waals surface area contributed by atoms with Crippen LogP contribution in [0.5, 0.6) is 0 Å². The molecule has 6 heteroatoms. The van der Waals surface area contributed by atoms with Gasteiger partial charge in [0.2, 0.25) is 0 Å². The highest BCUT2D eigenvalue weighted by Crippen LogP contribution is 2.26. The Hall–Kier alpha value is -0.980. The van der Waals surface area contributed by atoms with Gasteiger partial charge in [-0.3, -0.25) is 15.0 Å².